The van der Waals surface area contributed by atoms with Crippen LogP contribution in [0.15, 0.2) is 48.5 Å². The van der Waals surface area contributed by atoms with Crippen molar-refractivity contribution >= 4 is 11.6 Å². The summed E-state index contributed by atoms with van der Waals surface area (Å²) in [7, 11) is 0. The SMILES string of the molecule is CC(=O)Nc1cccc(-c2ccc(OCCNC3CCC(C)(C)CC3)cc2)c1. The van der Waals surface area contributed by atoms with E-state index < -0.39 is 0 Å². The Labute approximate surface area is 168 Å². The summed E-state index contributed by atoms with van der Waals surface area (Å²) in [6.45, 7) is 7.81. The molecule has 2 aromatic carbocycles. The fraction of sp³-hybridized carbons (Fsp3) is 0.458. The largest absolute Gasteiger partial charge is 0.492 e. The average molecular weight is 381 g/mol. The molecule has 0 unspecified atom stereocenters. The van der Waals surface area contributed by atoms with Gasteiger partial charge in [-0.15, -0.1) is 0 Å². The molecule has 1 fully saturated rings. The van der Waals surface area contributed by atoms with E-state index in [0.717, 1.165) is 29.1 Å². The molecule has 0 aliphatic heterocycles. The maximum atomic E-state index is 11.2. The van der Waals surface area contributed by atoms with E-state index >= 15 is 0 Å². The van der Waals surface area contributed by atoms with Gasteiger partial charge in [-0.1, -0.05) is 38.1 Å². The van der Waals surface area contributed by atoms with Crippen LogP contribution < -0.4 is 15.4 Å². The van der Waals surface area contributed by atoms with Gasteiger partial charge in [0.05, 0.1) is 0 Å². The van der Waals surface area contributed by atoms with Crippen LogP contribution in [-0.4, -0.2) is 25.1 Å². The molecular formula is C24H32N2O2. The summed E-state index contributed by atoms with van der Waals surface area (Å²) in [5, 5.41) is 6.45. The van der Waals surface area contributed by atoms with Gasteiger partial charge in [-0.25, -0.2) is 0 Å². The summed E-state index contributed by atoms with van der Waals surface area (Å²) < 4.78 is 5.89. The number of carbonyl (C=O) groups is 1. The number of hydrogen-bond donors (Lipinski definition) is 2. The lowest BCUT2D eigenvalue weighted by Gasteiger charge is -2.34. The van der Waals surface area contributed by atoms with Crippen molar-refractivity contribution in [2.24, 2.45) is 5.41 Å². The minimum absolute atomic E-state index is 0.0635. The fourth-order valence-electron chi connectivity index (χ4n) is 3.76. The van der Waals surface area contributed by atoms with E-state index in [1.807, 2.05) is 36.4 Å². The molecule has 0 radical (unpaired) electrons. The lowest BCUT2D eigenvalue weighted by molar-refractivity contribution is -0.114. The molecule has 3 rings (SSSR count). The zero-order valence-electron chi connectivity index (χ0n) is 17.3. The maximum absolute atomic E-state index is 11.2. The van der Waals surface area contributed by atoms with E-state index in [2.05, 4.69) is 36.6 Å². The molecule has 2 N–H and O–H groups in total. The second-order valence-electron chi connectivity index (χ2n) is 8.53. The first-order valence-corrected chi connectivity index (χ1v) is 10.3. The second kappa shape index (κ2) is 9.24. The van der Waals surface area contributed by atoms with Gasteiger partial charge in [0.1, 0.15) is 12.4 Å². The van der Waals surface area contributed by atoms with Gasteiger partial charge < -0.3 is 15.4 Å². The molecule has 2 aromatic rings. The van der Waals surface area contributed by atoms with Crippen molar-refractivity contribution in [1.29, 1.82) is 0 Å². The van der Waals surface area contributed by atoms with Crippen molar-refractivity contribution in [3.8, 4) is 16.9 Å². The number of rotatable bonds is 7. The van der Waals surface area contributed by atoms with Crippen LogP contribution in [0.4, 0.5) is 5.69 Å². The molecule has 1 aliphatic carbocycles. The van der Waals surface area contributed by atoms with Gasteiger partial charge in [0, 0.05) is 25.2 Å². The molecule has 0 bridgehead atoms. The van der Waals surface area contributed by atoms with Gasteiger partial charge in [0.25, 0.3) is 0 Å². The molecule has 150 valence electrons. The molecule has 4 nitrogen and oxygen atoms in total. The number of nitrogens with one attached hydrogen (secondary N) is 2. The van der Waals surface area contributed by atoms with E-state index in [1.165, 1.54) is 32.6 Å². The summed E-state index contributed by atoms with van der Waals surface area (Å²) in [5.41, 5.74) is 3.49. The first-order chi connectivity index (χ1) is 13.4. The van der Waals surface area contributed by atoms with E-state index in [1.54, 1.807) is 0 Å². The predicted octanol–water partition coefficient (Wildman–Crippen LogP) is 5.25. The Hall–Kier alpha value is -2.33. The summed E-state index contributed by atoms with van der Waals surface area (Å²) in [6.07, 6.45) is 5.13. The molecule has 28 heavy (non-hydrogen) atoms. The number of ether oxygens (including phenoxy) is 1. The predicted molar refractivity (Wildman–Crippen MR) is 116 cm³/mol. The van der Waals surface area contributed by atoms with Crippen molar-refractivity contribution in [2.45, 2.75) is 52.5 Å². The Kier molecular flexibility index (Phi) is 6.74. The average Bonchev–Trinajstić information content (AvgIpc) is 2.66. The standard InChI is InChI=1S/C24H32N2O2/c1-18(27)26-22-6-4-5-20(17-22)19-7-9-23(10-8-19)28-16-15-25-21-11-13-24(2,3)14-12-21/h4-10,17,21,25H,11-16H2,1-3H3,(H,26,27). The Morgan fingerprint density at radius 2 is 1.79 bits per heavy atom. The summed E-state index contributed by atoms with van der Waals surface area (Å²) in [6, 6.07) is 16.6. The van der Waals surface area contributed by atoms with Crippen LogP contribution >= 0.6 is 0 Å². The van der Waals surface area contributed by atoms with Crippen LogP contribution in [0.25, 0.3) is 11.1 Å². The highest BCUT2D eigenvalue weighted by molar-refractivity contribution is 5.89. The number of hydrogen-bond acceptors (Lipinski definition) is 3. The quantitative estimate of drug-likeness (QED) is 0.645. The van der Waals surface area contributed by atoms with Crippen LogP contribution in [0.2, 0.25) is 0 Å². The number of anilines is 1. The fourth-order valence-corrected chi connectivity index (χ4v) is 3.76. The van der Waals surface area contributed by atoms with E-state index in [-0.39, 0.29) is 5.91 Å². The molecule has 1 amide bonds. The highest BCUT2D eigenvalue weighted by Crippen LogP contribution is 2.34. The maximum Gasteiger partial charge on any atom is 0.221 e. The zero-order valence-corrected chi connectivity index (χ0v) is 17.3. The first kappa shape index (κ1) is 20.4. The van der Waals surface area contributed by atoms with Crippen LogP contribution in [-0.2, 0) is 4.79 Å². The first-order valence-electron chi connectivity index (χ1n) is 10.3. The molecule has 1 saturated carbocycles. The smallest absolute Gasteiger partial charge is 0.221 e. The van der Waals surface area contributed by atoms with Gasteiger partial charge >= 0.3 is 0 Å². The van der Waals surface area contributed by atoms with E-state index in [0.29, 0.717) is 18.1 Å². The van der Waals surface area contributed by atoms with Gasteiger partial charge in [-0.2, -0.15) is 0 Å². The van der Waals surface area contributed by atoms with Crippen molar-refractivity contribution in [2.75, 3.05) is 18.5 Å². The third-order valence-corrected chi connectivity index (χ3v) is 5.51. The lowest BCUT2D eigenvalue weighted by Crippen LogP contribution is -2.37. The Balaban J connectivity index is 1.45. The third-order valence-electron chi connectivity index (χ3n) is 5.51. The van der Waals surface area contributed by atoms with Crippen LogP contribution in [0, 0.1) is 5.41 Å². The van der Waals surface area contributed by atoms with Gasteiger partial charge in [-0.3, -0.25) is 4.79 Å². The molecular weight excluding hydrogens is 348 g/mol. The highest BCUT2D eigenvalue weighted by atomic mass is 16.5. The van der Waals surface area contributed by atoms with Crippen LogP contribution in [0.5, 0.6) is 5.75 Å². The van der Waals surface area contributed by atoms with Crippen molar-refractivity contribution < 1.29 is 9.53 Å². The molecule has 0 atom stereocenters. The van der Waals surface area contributed by atoms with Crippen LogP contribution in [0.1, 0.15) is 46.5 Å². The minimum atomic E-state index is -0.0635. The second-order valence-corrected chi connectivity index (χ2v) is 8.53. The minimum Gasteiger partial charge on any atom is -0.492 e. The molecule has 1 aliphatic rings. The Bertz CT molecular complexity index is 773. The van der Waals surface area contributed by atoms with Crippen molar-refractivity contribution in [1.82, 2.24) is 5.32 Å². The number of carbonyl (C=O) groups excluding carboxylic acids is 1. The number of amides is 1. The number of benzene rings is 2. The van der Waals surface area contributed by atoms with Gasteiger partial charge in [-0.05, 0) is 66.5 Å². The molecule has 4 heteroatoms. The van der Waals surface area contributed by atoms with Gasteiger partial charge in [0.15, 0.2) is 0 Å². The normalized spacial score (nSPS) is 16.5. The van der Waals surface area contributed by atoms with Crippen molar-refractivity contribution in [3.05, 3.63) is 48.5 Å². The monoisotopic (exact) mass is 380 g/mol. The molecule has 0 spiro atoms. The molecule has 0 saturated heterocycles. The summed E-state index contributed by atoms with van der Waals surface area (Å²) in [4.78, 5) is 11.2. The Morgan fingerprint density at radius 1 is 1.07 bits per heavy atom. The summed E-state index contributed by atoms with van der Waals surface area (Å²) in [5.74, 6) is 0.819. The van der Waals surface area contributed by atoms with Gasteiger partial charge in [0.2, 0.25) is 5.91 Å². The van der Waals surface area contributed by atoms with Crippen LogP contribution in [0.3, 0.4) is 0 Å². The Morgan fingerprint density at radius 3 is 2.46 bits per heavy atom. The topological polar surface area (TPSA) is 50.4 Å². The highest BCUT2D eigenvalue weighted by Gasteiger charge is 2.26. The lowest BCUT2D eigenvalue weighted by atomic mass is 9.75. The van der Waals surface area contributed by atoms with E-state index in [9.17, 15) is 4.79 Å². The molecule has 0 heterocycles. The third kappa shape index (κ3) is 6.10. The van der Waals surface area contributed by atoms with Crippen molar-refractivity contribution in [3.63, 3.8) is 0 Å². The zero-order chi connectivity index (χ0) is 20.0. The molecule has 0 aromatic heterocycles. The van der Waals surface area contributed by atoms with E-state index in [4.69, 9.17) is 4.74 Å². The summed E-state index contributed by atoms with van der Waals surface area (Å²) >= 11 is 0.